The second-order valence-electron chi connectivity index (χ2n) is 6.66. The summed E-state index contributed by atoms with van der Waals surface area (Å²) in [6, 6.07) is 5.41. The summed E-state index contributed by atoms with van der Waals surface area (Å²) >= 11 is 4.85. The fraction of sp³-hybridized carbons (Fsp3) is 0.500. The third-order valence-electron chi connectivity index (χ3n) is 2.95. The Balaban J connectivity index is 3.09. The Bertz CT molecular complexity index is 595. The van der Waals surface area contributed by atoms with Crippen molar-refractivity contribution >= 4 is 29.1 Å². The maximum atomic E-state index is 12.1. The third-order valence-corrected chi connectivity index (χ3v) is 3.06. The molecule has 0 unspecified atom stereocenters. The number of anilines is 1. The molecule has 4 N–H and O–H groups in total. The molecule has 0 aliphatic carbocycles. The number of carbonyl (C=O) groups excluding carboxylic acids is 1. The van der Waals surface area contributed by atoms with Crippen molar-refractivity contribution in [3.05, 3.63) is 23.8 Å². The van der Waals surface area contributed by atoms with Gasteiger partial charge in [-0.2, -0.15) is 0 Å². The van der Waals surface area contributed by atoms with Crippen molar-refractivity contribution in [3.63, 3.8) is 0 Å². The molecule has 23 heavy (non-hydrogen) atoms. The van der Waals surface area contributed by atoms with E-state index in [0.29, 0.717) is 11.4 Å². The van der Waals surface area contributed by atoms with Gasteiger partial charge in [0.25, 0.3) is 0 Å². The van der Waals surface area contributed by atoms with E-state index in [9.17, 15) is 4.79 Å². The highest BCUT2D eigenvalue weighted by atomic mass is 32.1. The van der Waals surface area contributed by atoms with Gasteiger partial charge in [0.2, 0.25) is 0 Å². The van der Waals surface area contributed by atoms with Crippen LogP contribution in [0.25, 0.3) is 0 Å². The number of hydrogen-bond acceptors (Lipinski definition) is 4. The van der Waals surface area contributed by atoms with Crippen LogP contribution in [-0.2, 0) is 10.3 Å². The summed E-state index contributed by atoms with van der Waals surface area (Å²) in [4.78, 5) is 12.1. The van der Waals surface area contributed by atoms with Crippen LogP contribution in [0.4, 0.5) is 10.5 Å². The number of nitrogens with one attached hydrogen (secondary N) is 2. The molecule has 0 heterocycles. The summed E-state index contributed by atoms with van der Waals surface area (Å²) in [7, 11) is 1.57. The number of ether oxygens (including phenoxy) is 2. The molecule has 1 aromatic rings. The minimum absolute atomic E-state index is 0.166. The van der Waals surface area contributed by atoms with Crippen LogP contribution in [0.15, 0.2) is 18.2 Å². The first kappa shape index (κ1) is 19.0. The first-order valence-corrected chi connectivity index (χ1v) is 7.61. The largest absolute Gasteiger partial charge is 0.496 e. The molecule has 0 aliphatic rings. The highest BCUT2D eigenvalue weighted by Crippen LogP contribution is 2.32. The number of amides is 1. The van der Waals surface area contributed by atoms with Crippen LogP contribution in [-0.4, -0.2) is 23.9 Å². The lowest BCUT2D eigenvalue weighted by molar-refractivity contribution is 0.0469. The predicted molar refractivity (Wildman–Crippen MR) is 95.8 cm³/mol. The zero-order chi connectivity index (χ0) is 17.8. The van der Waals surface area contributed by atoms with Gasteiger partial charge in [-0.25, -0.2) is 4.79 Å². The molecule has 0 bridgehead atoms. The van der Waals surface area contributed by atoms with Gasteiger partial charge in [-0.15, -0.1) is 0 Å². The Hall–Kier alpha value is -2.02. The Kier molecular flexibility index (Phi) is 5.82. The van der Waals surface area contributed by atoms with E-state index in [1.807, 2.05) is 40.7 Å². The van der Waals surface area contributed by atoms with E-state index in [4.69, 9.17) is 27.4 Å². The standard InChI is InChI=1S/C16H25N3O3S/c1-15(2,3)22-14(20)19-16(4,5)11-9-10(18-13(17)23)7-8-12(11)21-6/h7-9H,1-6H3,(H,19,20)(H3,17,18,23). The van der Waals surface area contributed by atoms with Crippen LogP contribution in [0.5, 0.6) is 5.75 Å². The summed E-state index contributed by atoms with van der Waals surface area (Å²) in [5.74, 6) is 0.638. The van der Waals surface area contributed by atoms with Gasteiger partial charge < -0.3 is 25.8 Å². The van der Waals surface area contributed by atoms with E-state index in [0.717, 1.165) is 5.56 Å². The van der Waals surface area contributed by atoms with Crippen molar-refractivity contribution in [2.45, 2.75) is 45.8 Å². The van der Waals surface area contributed by atoms with Gasteiger partial charge in [-0.3, -0.25) is 0 Å². The van der Waals surface area contributed by atoms with Crippen molar-refractivity contribution in [1.82, 2.24) is 5.32 Å². The van der Waals surface area contributed by atoms with Crippen molar-refractivity contribution in [2.24, 2.45) is 5.73 Å². The maximum absolute atomic E-state index is 12.1. The molecule has 0 spiro atoms. The SMILES string of the molecule is COc1ccc(NC(N)=S)cc1C(C)(C)NC(=O)OC(C)(C)C. The number of thiocarbonyl (C=S) groups is 1. The molecule has 0 radical (unpaired) electrons. The zero-order valence-electron chi connectivity index (χ0n) is 14.4. The number of methoxy groups -OCH3 is 1. The maximum Gasteiger partial charge on any atom is 0.408 e. The lowest BCUT2D eigenvalue weighted by Gasteiger charge is -2.30. The second kappa shape index (κ2) is 7.04. The smallest absolute Gasteiger partial charge is 0.408 e. The quantitative estimate of drug-likeness (QED) is 0.731. The molecule has 0 saturated heterocycles. The zero-order valence-corrected chi connectivity index (χ0v) is 15.3. The Morgan fingerprint density at radius 2 is 1.83 bits per heavy atom. The van der Waals surface area contributed by atoms with Crippen molar-refractivity contribution in [3.8, 4) is 5.75 Å². The molecule has 128 valence electrons. The molecule has 0 fully saturated rings. The normalized spacial score (nSPS) is 11.6. The number of carbonyl (C=O) groups is 1. The highest BCUT2D eigenvalue weighted by molar-refractivity contribution is 7.80. The topological polar surface area (TPSA) is 85.6 Å². The van der Waals surface area contributed by atoms with Crippen LogP contribution in [0, 0.1) is 0 Å². The summed E-state index contributed by atoms with van der Waals surface area (Å²) in [6.45, 7) is 9.16. The molecular formula is C16H25N3O3S. The molecule has 6 nitrogen and oxygen atoms in total. The number of nitrogens with two attached hydrogens (primary N) is 1. The van der Waals surface area contributed by atoms with Gasteiger partial charge >= 0.3 is 6.09 Å². The molecular weight excluding hydrogens is 314 g/mol. The van der Waals surface area contributed by atoms with Crippen LogP contribution in [0.2, 0.25) is 0 Å². The minimum Gasteiger partial charge on any atom is -0.496 e. The van der Waals surface area contributed by atoms with E-state index in [1.54, 1.807) is 19.2 Å². The van der Waals surface area contributed by atoms with E-state index in [1.165, 1.54) is 0 Å². The van der Waals surface area contributed by atoms with Crippen LogP contribution < -0.4 is 21.1 Å². The average molecular weight is 339 g/mol. The minimum atomic E-state index is -0.721. The van der Waals surface area contributed by atoms with Crippen LogP contribution in [0.1, 0.15) is 40.2 Å². The molecule has 1 rings (SSSR count). The van der Waals surface area contributed by atoms with Crippen LogP contribution in [0.3, 0.4) is 0 Å². The monoisotopic (exact) mass is 339 g/mol. The van der Waals surface area contributed by atoms with Gasteiger partial charge in [0.1, 0.15) is 11.4 Å². The molecule has 1 amide bonds. The number of hydrogen-bond donors (Lipinski definition) is 3. The molecule has 1 aromatic carbocycles. The first-order chi connectivity index (χ1) is 10.4. The number of rotatable bonds is 4. The molecule has 0 saturated carbocycles. The van der Waals surface area contributed by atoms with E-state index < -0.39 is 17.2 Å². The van der Waals surface area contributed by atoms with Gasteiger partial charge in [-0.1, -0.05) is 0 Å². The van der Waals surface area contributed by atoms with Crippen molar-refractivity contribution in [1.29, 1.82) is 0 Å². The Morgan fingerprint density at radius 1 is 1.22 bits per heavy atom. The summed E-state index contributed by atoms with van der Waals surface area (Å²) in [6.07, 6.45) is -0.503. The average Bonchev–Trinajstić information content (AvgIpc) is 2.34. The van der Waals surface area contributed by atoms with E-state index in [2.05, 4.69) is 10.6 Å². The Labute approximate surface area is 142 Å². The fourth-order valence-corrected chi connectivity index (χ4v) is 2.16. The summed E-state index contributed by atoms with van der Waals surface area (Å²) in [5, 5.41) is 5.89. The molecule has 0 atom stereocenters. The predicted octanol–water partition coefficient (Wildman–Crippen LogP) is 3.11. The number of alkyl carbamates (subject to hydrolysis) is 1. The second-order valence-corrected chi connectivity index (χ2v) is 7.10. The first-order valence-electron chi connectivity index (χ1n) is 7.21. The van der Waals surface area contributed by atoms with Crippen LogP contribution >= 0.6 is 12.2 Å². The Morgan fingerprint density at radius 3 is 2.30 bits per heavy atom. The fourth-order valence-electron chi connectivity index (χ4n) is 2.04. The van der Waals surface area contributed by atoms with E-state index in [-0.39, 0.29) is 5.11 Å². The molecule has 7 heteroatoms. The van der Waals surface area contributed by atoms with Gasteiger partial charge in [-0.05, 0) is 65.0 Å². The van der Waals surface area contributed by atoms with E-state index >= 15 is 0 Å². The molecule has 0 aromatic heterocycles. The summed E-state index contributed by atoms with van der Waals surface area (Å²) in [5.41, 5.74) is 5.70. The third kappa shape index (κ3) is 5.94. The lowest BCUT2D eigenvalue weighted by Crippen LogP contribution is -2.44. The van der Waals surface area contributed by atoms with Gasteiger partial charge in [0.05, 0.1) is 12.6 Å². The van der Waals surface area contributed by atoms with Gasteiger partial charge in [0, 0.05) is 11.3 Å². The highest BCUT2D eigenvalue weighted by Gasteiger charge is 2.29. The van der Waals surface area contributed by atoms with Crippen molar-refractivity contribution in [2.75, 3.05) is 12.4 Å². The number of benzene rings is 1. The lowest BCUT2D eigenvalue weighted by atomic mass is 9.93. The summed E-state index contributed by atoms with van der Waals surface area (Å²) < 4.78 is 10.7. The molecule has 0 aliphatic heterocycles. The van der Waals surface area contributed by atoms with Crippen molar-refractivity contribution < 1.29 is 14.3 Å². The van der Waals surface area contributed by atoms with Gasteiger partial charge in [0.15, 0.2) is 5.11 Å².